The average Bonchev–Trinajstić information content (AvgIpc) is 2.88. The maximum atomic E-state index is 9.67. The molecular formula is C17H27NO2S. The molecule has 3 unspecified atom stereocenters. The van der Waals surface area contributed by atoms with Gasteiger partial charge in [-0.05, 0) is 43.7 Å². The molecule has 1 aliphatic rings. The van der Waals surface area contributed by atoms with Gasteiger partial charge in [-0.15, -0.1) is 11.8 Å². The van der Waals surface area contributed by atoms with Gasteiger partial charge in [0.1, 0.15) is 5.75 Å². The average molecular weight is 309 g/mol. The van der Waals surface area contributed by atoms with Crippen LogP contribution in [0, 0.1) is 5.41 Å². The van der Waals surface area contributed by atoms with Crippen LogP contribution in [0.25, 0.3) is 0 Å². The quantitative estimate of drug-likeness (QED) is 0.788. The molecule has 2 N–H and O–H groups in total. The van der Waals surface area contributed by atoms with Crippen molar-refractivity contribution in [2.45, 2.75) is 50.1 Å². The van der Waals surface area contributed by atoms with Crippen molar-refractivity contribution in [1.29, 1.82) is 0 Å². The summed E-state index contributed by atoms with van der Waals surface area (Å²) < 4.78 is 5.47. The van der Waals surface area contributed by atoms with E-state index >= 15 is 0 Å². The van der Waals surface area contributed by atoms with Crippen molar-refractivity contribution in [3.8, 4) is 5.75 Å². The van der Waals surface area contributed by atoms with Gasteiger partial charge in [-0.3, -0.25) is 0 Å². The SMILES string of the molecule is COc1cc(C(C)NC2CCCC2(C)CO)ccc1SC. The molecular weight excluding hydrogens is 282 g/mol. The van der Waals surface area contributed by atoms with E-state index in [1.165, 1.54) is 12.0 Å². The van der Waals surface area contributed by atoms with E-state index in [1.54, 1.807) is 18.9 Å². The molecule has 1 aliphatic carbocycles. The molecule has 3 atom stereocenters. The van der Waals surface area contributed by atoms with Gasteiger partial charge in [0.2, 0.25) is 0 Å². The van der Waals surface area contributed by atoms with E-state index in [-0.39, 0.29) is 18.1 Å². The molecule has 1 saturated carbocycles. The fraction of sp³-hybridized carbons (Fsp3) is 0.647. The molecule has 0 aliphatic heterocycles. The monoisotopic (exact) mass is 309 g/mol. The lowest BCUT2D eigenvalue weighted by atomic mass is 9.85. The zero-order valence-electron chi connectivity index (χ0n) is 13.5. The Morgan fingerprint density at radius 3 is 2.90 bits per heavy atom. The second kappa shape index (κ2) is 7.03. The van der Waals surface area contributed by atoms with Crippen LogP contribution in [0.15, 0.2) is 23.1 Å². The van der Waals surface area contributed by atoms with Crippen LogP contribution >= 0.6 is 11.8 Å². The molecule has 0 heterocycles. The van der Waals surface area contributed by atoms with Crippen molar-refractivity contribution < 1.29 is 9.84 Å². The molecule has 0 amide bonds. The van der Waals surface area contributed by atoms with Crippen LogP contribution in [-0.4, -0.2) is 31.1 Å². The molecule has 1 aromatic rings. The summed E-state index contributed by atoms with van der Waals surface area (Å²) >= 11 is 1.70. The van der Waals surface area contributed by atoms with Crippen LogP contribution in [0.3, 0.4) is 0 Å². The number of benzene rings is 1. The number of nitrogens with one attached hydrogen (secondary N) is 1. The Kier molecular flexibility index (Phi) is 5.58. The summed E-state index contributed by atoms with van der Waals surface area (Å²) in [5.74, 6) is 0.935. The lowest BCUT2D eigenvalue weighted by Crippen LogP contribution is -2.42. The van der Waals surface area contributed by atoms with Crippen LogP contribution in [0.5, 0.6) is 5.75 Å². The maximum Gasteiger partial charge on any atom is 0.132 e. The zero-order chi connectivity index (χ0) is 15.5. The number of aliphatic hydroxyl groups excluding tert-OH is 1. The number of methoxy groups -OCH3 is 1. The van der Waals surface area contributed by atoms with Crippen LogP contribution in [-0.2, 0) is 0 Å². The van der Waals surface area contributed by atoms with Gasteiger partial charge in [0, 0.05) is 29.0 Å². The van der Waals surface area contributed by atoms with Crippen molar-refractivity contribution >= 4 is 11.8 Å². The summed E-state index contributed by atoms with van der Waals surface area (Å²) in [6.07, 6.45) is 5.49. The molecule has 1 fully saturated rings. The Hall–Kier alpha value is -0.710. The molecule has 4 heteroatoms. The van der Waals surface area contributed by atoms with Gasteiger partial charge in [0.05, 0.1) is 7.11 Å². The first-order valence-electron chi connectivity index (χ1n) is 7.63. The Balaban J connectivity index is 2.11. The zero-order valence-corrected chi connectivity index (χ0v) is 14.3. The number of aliphatic hydroxyl groups is 1. The van der Waals surface area contributed by atoms with Crippen LogP contribution in [0.2, 0.25) is 0 Å². The number of rotatable bonds is 6. The van der Waals surface area contributed by atoms with E-state index in [0.717, 1.165) is 23.5 Å². The Morgan fingerprint density at radius 2 is 2.29 bits per heavy atom. The van der Waals surface area contributed by atoms with Gasteiger partial charge in [0.25, 0.3) is 0 Å². The number of hydrogen-bond donors (Lipinski definition) is 2. The van der Waals surface area contributed by atoms with E-state index < -0.39 is 0 Å². The predicted octanol–water partition coefficient (Wildman–Crippen LogP) is 3.62. The molecule has 2 rings (SSSR count). The first-order valence-corrected chi connectivity index (χ1v) is 8.85. The lowest BCUT2D eigenvalue weighted by Gasteiger charge is -2.33. The molecule has 0 spiro atoms. The first kappa shape index (κ1) is 16.7. The smallest absolute Gasteiger partial charge is 0.132 e. The minimum Gasteiger partial charge on any atom is -0.496 e. The topological polar surface area (TPSA) is 41.5 Å². The Bertz CT molecular complexity index is 480. The van der Waals surface area contributed by atoms with Gasteiger partial charge in [-0.25, -0.2) is 0 Å². The third-order valence-corrected chi connectivity index (χ3v) is 5.58. The third kappa shape index (κ3) is 3.55. The molecule has 0 saturated heterocycles. The fourth-order valence-electron chi connectivity index (χ4n) is 3.23. The van der Waals surface area contributed by atoms with Gasteiger partial charge < -0.3 is 15.2 Å². The first-order chi connectivity index (χ1) is 10.0. The fourth-order valence-corrected chi connectivity index (χ4v) is 3.77. The highest BCUT2D eigenvalue weighted by molar-refractivity contribution is 7.98. The second-order valence-electron chi connectivity index (χ2n) is 6.26. The van der Waals surface area contributed by atoms with Crippen molar-refractivity contribution in [2.75, 3.05) is 20.0 Å². The van der Waals surface area contributed by atoms with E-state index in [4.69, 9.17) is 4.74 Å². The molecule has 1 aromatic carbocycles. The summed E-state index contributed by atoms with van der Waals surface area (Å²) in [5.41, 5.74) is 1.24. The van der Waals surface area contributed by atoms with Crippen LogP contribution in [0.1, 0.15) is 44.7 Å². The summed E-state index contributed by atoms with van der Waals surface area (Å²) in [5, 5.41) is 13.4. The van der Waals surface area contributed by atoms with E-state index in [0.29, 0.717) is 6.04 Å². The van der Waals surface area contributed by atoms with E-state index in [1.807, 2.05) is 0 Å². The summed E-state index contributed by atoms with van der Waals surface area (Å²) in [4.78, 5) is 1.16. The molecule has 118 valence electrons. The standard InChI is InChI=1S/C17H27NO2S/c1-12(18-16-6-5-9-17(16,2)11-19)13-7-8-15(21-4)14(10-13)20-3/h7-8,10,12,16,18-19H,5-6,9,11H2,1-4H3. The van der Waals surface area contributed by atoms with Gasteiger partial charge in [0.15, 0.2) is 0 Å². The normalized spacial score (nSPS) is 26.8. The summed E-state index contributed by atoms with van der Waals surface area (Å²) in [6.45, 7) is 4.62. The molecule has 0 aromatic heterocycles. The highest BCUT2D eigenvalue weighted by atomic mass is 32.2. The second-order valence-corrected chi connectivity index (χ2v) is 7.11. The van der Waals surface area contributed by atoms with E-state index in [2.05, 4.69) is 43.6 Å². The van der Waals surface area contributed by atoms with Crippen molar-refractivity contribution in [1.82, 2.24) is 5.32 Å². The van der Waals surface area contributed by atoms with Gasteiger partial charge in [-0.1, -0.05) is 19.4 Å². The number of ether oxygens (including phenoxy) is 1. The lowest BCUT2D eigenvalue weighted by molar-refractivity contribution is 0.114. The molecule has 0 bridgehead atoms. The van der Waals surface area contributed by atoms with Gasteiger partial charge in [-0.2, -0.15) is 0 Å². The molecule has 21 heavy (non-hydrogen) atoms. The number of thioether (sulfide) groups is 1. The van der Waals surface area contributed by atoms with Crippen LogP contribution in [0.4, 0.5) is 0 Å². The van der Waals surface area contributed by atoms with Crippen molar-refractivity contribution in [2.24, 2.45) is 5.41 Å². The predicted molar refractivity (Wildman–Crippen MR) is 89.2 cm³/mol. The van der Waals surface area contributed by atoms with Crippen molar-refractivity contribution in [3.05, 3.63) is 23.8 Å². The Morgan fingerprint density at radius 1 is 1.52 bits per heavy atom. The summed E-state index contributed by atoms with van der Waals surface area (Å²) in [6, 6.07) is 7.04. The van der Waals surface area contributed by atoms with E-state index in [9.17, 15) is 5.11 Å². The Labute approximate surface area is 132 Å². The minimum atomic E-state index is 0.0115. The summed E-state index contributed by atoms with van der Waals surface area (Å²) in [7, 11) is 1.72. The molecule has 3 nitrogen and oxygen atoms in total. The van der Waals surface area contributed by atoms with Gasteiger partial charge >= 0.3 is 0 Å². The molecule has 0 radical (unpaired) electrons. The highest BCUT2D eigenvalue weighted by Crippen LogP contribution is 2.39. The number of hydrogen-bond acceptors (Lipinski definition) is 4. The maximum absolute atomic E-state index is 9.67. The third-order valence-electron chi connectivity index (χ3n) is 4.80. The highest BCUT2D eigenvalue weighted by Gasteiger charge is 2.38. The van der Waals surface area contributed by atoms with Crippen LogP contribution < -0.4 is 10.1 Å². The minimum absolute atomic E-state index is 0.0115. The van der Waals surface area contributed by atoms with Crippen molar-refractivity contribution in [3.63, 3.8) is 0 Å². The largest absolute Gasteiger partial charge is 0.496 e.